The fraction of sp³-hybridized carbons (Fsp3) is 0.714. The number of hydrogen-bond donors (Lipinski definition) is 1. The van der Waals surface area contributed by atoms with Crippen LogP contribution in [0, 0.1) is 5.92 Å². The van der Waals surface area contributed by atoms with Crippen LogP contribution in [0.25, 0.3) is 0 Å². The van der Waals surface area contributed by atoms with Gasteiger partial charge < -0.3 is 9.84 Å². The molecule has 1 saturated heterocycles. The third kappa shape index (κ3) is 1.57. The van der Waals surface area contributed by atoms with Crippen molar-refractivity contribution in [2.45, 2.75) is 19.4 Å². The third-order valence-electron chi connectivity index (χ3n) is 1.73. The van der Waals surface area contributed by atoms with Gasteiger partial charge in [-0.05, 0) is 6.92 Å². The topological polar surface area (TPSA) is 63.6 Å². The molecule has 2 atom stereocenters. The Bertz CT molecular complexity index is 187. The molecule has 1 N–H and O–H groups in total. The number of Topliss-reactive ketones (excluding diaryl/α,β-unsaturated/α-hetero) is 1. The SMILES string of the molecule is CC(=O)C1C(=O)OCCC1O. The lowest BCUT2D eigenvalue weighted by atomic mass is 9.94. The highest BCUT2D eigenvalue weighted by Crippen LogP contribution is 2.16. The van der Waals surface area contributed by atoms with E-state index in [-0.39, 0.29) is 12.4 Å². The van der Waals surface area contributed by atoms with Gasteiger partial charge in [0, 0.05) is 6.42 Å². The maximum Gasteiger partial charge on any atom is 0.319 e. The van der Waals surface area contributed by atoms with Gasteiger partial charge in [-0.15, -0.1) is 0 Å². The molecule has 2 unspecified atom stereocenters. The number of ether oxygens (including phenoxy) is 1. The van der Waals surface area contributed by atoms with Crippen LogP contribution in [0.3, 0.4) is 0 Å². The number of carbonyl (C=O) groups excluding carboxylic acids is 2. The minimum atomic E-state index is -0.955. The molecule has 11 heavy (non-hydrogen) atoms. The Kier molecular flexibility index (Phi) is 2.24. The van der Waals surface area contributed by atoms with Crippen molar-refractivity contribution in [3.8, 4) is 0 Å². The van der Waals surface area contributed by atoms with Gasteiger partial charge in [0.25, 0.3) is 0 Å². The van der Waals surface area contributed by atoms with Gasteiger partial charge in [-0.3, -0.25) is 9.59 Å². The molecule has 1 aliphatic rings. The smallest absolute Gasteiger partial charge is 0.319 e. The summed E-state index contributed by atoms with van der Waals surface area (Å²) in [6.07, 6.45) is -0.496. The van der Waals surface area contributed by atoms with Crippen molar-refractivity contribution in [3.05, 3.63) is 0 Å². The first kappa shape index (κ1) is 8.20. The second-order valence-corrected chi connectivity index (χ2v) is 2.61. The van der Waals surface area contributed by atoms with E-state index in [2.05, 4.69) is 4.74 Å². The van der Waals surface area contributed by atoms with Crippen molar-refractivity contribution in [3.63, 3.8) is 0 Å². The second-order valence-electron chi connectivity index (χ2n) is 2.61. The second kappa shape index (κ2) is 3.00. The van der Waals surface area contributed by atoms with E-state index < -0.39 is 18.0 Å². The summed E-state index contributed by atoms with van der Waals surface area (Å²) in [6.45, 7) is 1.49. The number of carbonyl (C=O) groups is 2. The van der Waals surface area contributed by atoms with Crippen molar-refractivity contribution >= 4 is 11.8 Å². The lowest BCUT2D eigenvalue weighted by molar-refractivity contribution is -0.163. The molecule has 0 aromatic heterocycles. The number of ketones is 1. The van der Waals surface area contributed by atoms with Gasteiger partial charge in [0.2, 0.25) is 0 Å². The van der Waals surface area contributed by atoms with Gasteiger partial charge in [0.1, 0.15) is 11.7 Å². The molecule has 0 aliphatic carbocycles. The zero-order valence-electron chi connectivity index (χ0n) is 6.24. The van der Waals surface area contributed by atoms with Crippen molar-refractivity contribution < 1.29 is 19.4 Å². The van der Waals surface area contributed by atoms with E-state index in [0.29, 0.717) is 6.42 Å². The number of hydrogen-bond acceptors (Lipinski definition) is 4. The summed E-state index contributed by atoms with van der Waals surface area (Å²) in [5.41, 5.74) is 0. The van der Waals surface area contributed by atoms with E-state index in [1.165, 1.54) is 6.92 Å². The van der Waals surface area contributed by atoms with E-state index in [1.807, 2.05) is 0 Å². The number of aliphatic hydroxyl groups is 1. The van der Waals surface area contributed by atoms with Gasteiger partial charge in [-0.25, -0.2) is 0 Å². The molecule has 1 rings (SSSR count). The Morgan fingerprint density at radius 3 is 2.73 bits per heavy atom. The van der Waals surface area contributed by atoms with Crippen molar-refractivity contribution in [2.75, 3.05) is 6.61 Å². The lowest BCUT2D eigenvalue weighted by Gasteiger charge is -2.23. The van der Waals surface area contributed by atoms with Crippen LogP contribution < -0.4 is 0 Å². The van der Waals surface area contributed by atoms with Gasteiger partial charge in [-0.2, -0.15) is 0 Å². The predicted octanol–water partition coefficient (Wildman–Crippen LogP) is -0.501. The van der Waals surface area contributed by atoms with Crippen molar-refractivity contribution in [1.29, 1.82) is 0 Å². The highest BCUT2D eigenvalue weighted by Gasteiger charge is 2.35. The normalized spacial score (nSPS) is 31.3. The molecule has 4 nitrogen and oxygen atoms in total. The molecule has 0 radical (unpaired) electrons. The molecule has 0 spiro atoms. The number of rotatable bonds is 1. The van der Waals surface area contributed by atoms with E-state index in [1.54, 1.807) is 0 Å². The van der Waals surface area contributed by atoms with Crippen molar-refractivity contribution in [1.82, 2.24) is 0 Å². The summed E-state index contributed by atoms with van der Waals surface area (Å²) in [6, 6.07) is 0. The van der Waals surface area contributed by atoms with Gasteiger partial charge in [0.05, 0.1) is 12.7 Å². The van der Waals surface area contributed by atoms with Gasteiger partial charge in [0.15, 0.2) is 0 Å². The number of esters is 1. The highest BCUT2D eigenvalue weighted by molar-refractivity contribution is 5.98. The van der Waals surface area contributed by atoms with E-state index >= 15 is 0 Å². The first-order valence-electron chi connectivity index (χ1n) is 3.48. The number of aliphatic hydroxyl groups excluding tert-OH is 1. The van der Waals surface area contributed by atoms with Crippen LogP contribution in [-0.2, 0) is 14.3 Å². The maximum atomic E-state index is 10.8. The molecule has 0 aromatic rings. The average Bonchev–Trinajstić information content (AvgIpc) is 1.85. The Morgan fingerprint density at radius 2 is 2.36 bits per heavy atom. The highest BCUT2D eigenvalue weighted by atomic mass is 16.5. The van der Waals surface area contributed by atoms with Gasteiger partial charge >= 0.3 is 5.97 Å². The van der Waals surface area contributed by atoms with Crippen LogP contribution >= 0.6 is 0 Å². The summed E-state index contributed by atoms with van der Waals surface area (Å²) in [7, 11) is 0. The van der Waals surface area contributed by atoms with Crippen LogP contribution in [0.15, 0.2) is 0 Å². The standard InChI is InChI=1S/C7H10O4/c1-4(8)6-5(9)2-3-11-7(6)10/h5-6,9H,2-3H2,1H3. The zero-order chi connectivity index (χ0) is 8.43. The molecule has 0 bridgehead atoms. The largest absolute Gasteiger partial charge is 0.465 e. The fourth-order valence-electron chi connectivity index (χ4n) is 1.13. The number of cyclic esters (lactones) is 1. The fourth-order valence-corrected chi connectivity index (χ4v) is 1.13. The summed E-state index contributed by atoms with van der Waals surface area (Å²) in [5.74, 6) is -1.89. The van der Waals surface area contributed by atoms with Gasteiger partial charge in [-0.1, -0.05) is 0 Å². The van der Waals surface area contributed by atoms with Crippen LogP contribution in [0.1, 0.15) is 13.3 Å². The molecule has 1 heterocycles. The molecular formula is C7H10O4. The molecule has 0 saturated carbocycles. The average molecular weight is 158 g/mol. The zero-order valence-corrected chi connectivity index (χ0v) is 6.24. The van der Waals surface area contributed by atoms with Crippen LogP contribution in [0.5, 0.6) is 0 Å². The molecule has 4 heteroatoms. The third-order valence-corrected chi connectivity index (χ3v) is 1.73. The maximum absolute atomic E-state index is 10.8. The van der Waals surface area contributed by atoms with Crippen LogP contribution in [0.2, 0.25) is 0 Å². The first-order valence-corrected chi connectivity index (χ1v) is 3.48. The van der Waals surface area contributed by atoms with Crippen molar-refractivity contribution in [2.24, 2.45) is 5.92 Å². The molecule has 0 amide bonds. The molecule has 62 valence electrons. The Labute approximate surface area is 64.2 Å². The molecular weight excluding hydrogens is 148 g/mol. The summed E-state index contributed by atoms with van der Waals surface area (Å²) >= 11 is 0. The Hall–Kier alpha value is -0.900. The monoisotopic (exact) mass is 158 g/mol. The minimum Gasteiger partial charge on any atom is -0.465 e. The van der Waals surface area contributed by atoms with E-state index in [9.17, 15) is 14.7 Å². The van der Waals surface area contributed by atoms with Crippen LogP contribution in [0.4, 0.5) is 0 Å². The quantitative estimate of drug-likeness (QED) is 0.412. The Balaban J connectivity index is 2.70. The van der Waals surface area contributed by atoms with E-state index in [0.717, 1.165) is 0 Å². The molecule has 0 aromatic carbocycles. The molecule has 1 aliphatic heterocycles. The summed E-state index contributed by atoms with van der Waals surface area (Å²) in [4.78, 5) is 21.6. The Morgan fingerprint density at radius 1 is 1.73 bits per heavy atom. The first-order chi connectivity index (χ1) is 5.13. The van der Waals surface area contributed by atoms with E-state index in [4.69, 9.17) is 0 Å². The summed E-state index contributed by atoms with van der Waals surface area (Å²) in [5, 5.41) is 9.19. The minimum absolute atomic E-state index is 0.212. The predicted molar refractivity (Wildman–Crippen MR) is 35.8 cm³/mol. The molecule has 1 fully saturated rings. The lowest BCUT2D eigenvalue weighted by Crippen LogP contribution is -2.40. The summed E-state index contributed by atoms with van der Waals surface area (Å²) < 4.78 is 4.60. The van der Waals surface area contributed by atoms with Crippen LogP contribution in [-0.4, -0.2) is 29.6 Å².